The van der Waals surface area contributed by atoms with E-state index in [0.717, 1.165) is 0 Å². The third kappa shape index (κ3) is 6.27. The molecule has 0 aromatic rings. The van der Waals surface area contributed by atoms with E-state index in [4.69, 9.17) is 10.5 Å². The Morgan fingerprint density at radius 1 is 1.19 bits per heavy atom. The van der Waals surface area contributed by atoms with E-state index in [-0.39, 0.29) is 5.91 Å². The van der Waals surface area contributed by atoms with Crippen LogP contribution in [0, 0.1) is 5.41 Å². The number of rotatable bonds is 4. The molecular weight excluding hydrogens is 208 g/mol. The maximum Gasteiger partial charge on any atom is 0.407 e. The van der Waals surface area contributed by atoms with Gasteiger partial charge >= 0.3 is 6.09 Å². The summed E-state index contributed by atoms with van der Waals surface area (Å²) >= 11 is 0. The van der Waals surface area contributed by atoms with Gasteiger partial charge in [0.1, 0.15) is 5.60 Å². The van der Waals surface area contributed by atoms with Gasteiger partial charge in [0, 0.05) is 12.0 Å². The van der Waals surface area contributed by atoms with Crippen molar-refractivity contribution >= 4 is 12.0 Å². The molecule has 5 nitrogen and oxygen atoms in total. The Hall–Kier alpha value is -1.26. The lowest BCUT2D eigenvalue weighted by molar-refractivity contribution is -0.126. The lowest BCUT2D eigenvalue weighted by Crippen LogP contribution is -2.37. The number of nitrogens with two attached hydrogens (primary N) is 1. The van der Waals surface area contributed by atoms with Crippen molar-refractivity contribution in [2.75, 3.05) is 6.54 Å². The first-order valence-electron chi connectivity index (χ1n) is 5.31. The minimum absolute atomic E-state index is 0.366. The van der Waals surface area contributed by atoms with E-state index in [1.54, 1.807) is 34.6 Å². The van der Waals surface area contributed by atoms with Crippen LogP contribution in [0.4, 0.5) is 4.79 Å². The van der Waals surface area contributed by atoms with Crippen LogP contribution in [0.2, 0.25) is 0 Å². The summed E-state index contributed by atoms with van der Waals surface area (Å²) in [5, 5.41) is 2.58. The van der Waals surface area contributed by atoms with Gasteiger partial charge in [0.25, 0.3) is 0 Å². The molecular formula is C11H22N2O3. The van der Waals surface area contributed by atoms with Crippen molar-refractivity contribution in [1.29, 1.82) is 0 Å². The zero-order chi connectivity index (χ0) is 13.0. The van der Waals surface area contributed by atoms with Gasteiger partial charge in [0.05, 0.1) is 0 Å². The summed E-state index contributed by atoms with van der Waals surface area (Å²) in [6.45, 7) is 9.23. The predicted octanol–water partition coefficient (Wildman–Crippen LogP) is 1.41. The van der Waals surface area contributed by atoms with Gasteiger partial charge in [-0.2, -0.15) is 0 Å². The van der Waals surface area contributed by atoms with Gasteiger partial charge in [-0.1, -0.05) is 13.8 Å². The molecule has 0 rings (SSSR count). The third-order valence-electron chi connectivity index (χ3n) is 2.09. The fraction of sp³-hybridized carbons (Fsp3) is 0.818. The number of carbonyl (C=O) groups is 2. The van der Waals surface area contributed by atoms with Crippen LogP contribution in [-0.2, 0) is 9.53 Å². The Bertz CT molecular complexity index is 267. The molecule has 0 aliphatic carbocycles. The number of ether oxygens (including phenoxy) is 1. The molecule has 16 heavy (non-hydrogen) atoms. The number of hydrogen-bond acceptors (Lipinski definition) is 3. The largest absolute Gasteiger partial charge is 0.444 e. The molecule has 0 aliphatic heterocycles. The van der Waals surface area contributed by atoms with Crippen LogP contribution in [0.25, 0.3) is 0 Å². The normalized spacial score (nSPS) is 12.1. The summed E-state index contributed by atoms with van der Waals surface area (Å²) in [5.74, 6) is -0.376. The minimum atomic E-state index is -0.616. The molecule has 0 unspecified atom stereocenters. The van der Waals surface area contributed by atoms with Gasteiger partial charge in [0.15, 0.2) is 0 Å². The maximum atomic E-state index is 11.3. The Labute approximate surface area is 96.7 Å². The van der Waals surface area contributed by atoms with Crippen LogP contribution >= 0.6 is 0 Å². The fourth-order valence-corrected chi connectivity index (χ4v) is 0.914. The Morgan fingerprint density at radius 3 is 2.06 bits per heavy atom. The van der Waals surface area contributed by atoms with Crippen molar-refractivity contribution in [1.82, 2.24) is 5.32 Å². The molecule has 0 saturated carbocycles. The van der Waals surface area contributed by atoms with E-state index in [0.29, 0.717) is 13.0 Å². The van der Waals surface area contributed by atoms with Gasteiger partial charge in [0.2, 0.25) is 5.91 Å². The van der Waals surface area contributed by atoms with E-state index in [9.17, 15) is 9.59 Å². The molecule has 0 saturated heterocycles. The zero-order valence-electron chi connectivity index (χ0n) is 10.7. The number of carbonyl (C=O) groups excluding carboxylic acids is 2. The summed E-state index contributed by atoms with van der Waals surface area (Å²) < 4.78 is 5.05. The summed E-state index contributed by atoms with van der Waals surface area (Å²) in [5.41, 5.74) is 4.08. The predicted molar refractivity (Wildman–Crippen MR) is 61.8 cm³/mol. The molecule has 0 aliphatic rings. The van der Waals surface area contributed by atoms with Crippen LogP contribution in [0.15, 0.2) is 0 Å². The van der Waals surface area contributed by atoms with Gasteiger partial charge in [-0.25, -0.2) is 4.79 Å². The third-order valence-corrected chi connectivity index (χ3v) is 2.09. The first-order chi connectivity index (χ1) is 7.04. The fourth-order valence-electron chi connectivity index (χ4n) is 0.914. The van der Waals surface area contributed by atoms with E-state index < -0.39 is 17.1 Å². The lowest BCUT2D eigenvalue weighted by Gasteiger charge is -2.22. The highest BCUT2D eigenvalue weighted by atomic mass is 16.6. The Morgan fingerprint density at radius 2 is 1.69 bits per heavy atom. The van der Waals surface area contributed by atoms with E-state index in [1.165, 1.54) is 0 Å². The first kappa shape index (κ1) is 14.7. The van der Waals surface area contributed by atoms with Gasteiger partial charge in [-0.3, -0.25) is 4.79 Å². The molecule has 0 spiro atoms. The zero-order valence-corrected chi connectivity index (χ0v) is 10.7. The molecule has 94 valence electrons. The molecule has 3 N–H and O–H groups in total. The number of primary amides is 1. The second-order valence-corrected chi connectivity index (χ2v) is 5.43. The summed E-state index contributed by atoms with van der Waals surface area (Å²) in [4.78, 5) is 22.3. The smallest absolute Gasteiger partial charge is 0.407 e. The molecule has 0 fully saturated rings. The van der Waals surface area contributed by atoms with E-state index in [2.05, 4.69) is 5.32 Å². The van der Waals surface area contributed by atoms with Gasteiger partial charge in [-0.05, 0) is 27.2 Å². The molecule has 0 radical (unpaired) electrons. The average molecular weight is 230 g/mol. The van der Waals surface area contributed by atoms with Crippen molar-refractivity contribution in [2.24, 2.45) is 11.1 Å². The van der Waals surface area contributed by atoms with Crippen LogP contribution < -0.4 is 11.1 Å². The van der Waals surface area contributed by atoms with Crippen LogP contribution in [-0.4, -0.2) is 24.1 Å². The van der Waals surface area contributed by atoms with Crippen molar-refractivity contribution in [3.8, 4) is 0 Å². The van der Waals surface area contributed by atoms with Crippen molar-refractivity contribution < 1.29 is 14.3 Å². The maximum absolute atomic E-state index is 11.3. The Kier molecular flexibility index (Phi) is 4.78. The number of hydrogen-bond donors (Lipinski definition) is 2. The highest BCUT2D eigenvalue weighted by Crippen LogP contribution is 2.18. The highest BCUT2D eigenvalue weighted by Gasteiger charge is 2.25. The second-order valence-electron chi connectivity index (χ2n) is 5.43. The SMILES string of the molecule is CC(C)(C)OC(=O)NCCC(C)(C)C(N)=O. The quantitative estimate of drug-likeness (QED) is 0.766. The van der Waals surface area contributed by atoms with Gasteiger partial charge in [-0.15, -0.1) is 0 Å². The molecule has 2 amide bonds. The van der Waals surface area contributed by atoms with Gasteiger partial charge < -0.3 is 15.8 Å². The number of amides is 2. The number of nitrogens with one attached hydrogen (secondary N) is 1. The van der Waals surface area contributed by atoms with Crippen molar-refractivity contribution in [3.63, 3.8) is 0 Å². The van der Waals surface area contributed by atoms with E-state index >= 15 is 0 Å². The summed E-state index contributed by atoms with van der Waals surface area (Å²) in [6, 6.07) is 0. The Balaban J connectivity index is 3.92. The van der Waals surface area contributed by atoms with Crippen LogP contribution in [0.5, 0.6) is 0 Å². The molecule has 5 heteroatoms. The molecule has 0 heterocycles. The highest BCUT2D eigenvalue weighted by molar-refractivity contribution is 5.79. The first-order valence-corrected chi connectivity index (χ1v) is 5.31. The topological polar surface area (TPSA) is 81.4 Å². The minimum Gasteiger partial charge on any atom is -0.444 e. The second kappa shape index (κ2) is 5.18. The standard InChI is InChI=1S/C11H22N2O3/c1-10(2,3)16-9(15)13-7-6-11(4,5)8(12)14/h6-7H2,1-5H3,(H2,12,14)(H,13,15). The van der Waals surface area contributed by atoms with Crippen molar-refractivity contribution in [3.05, 3.63) is 0 Å². The molecule has 0 aromatic carbocycles. The monoisotopic (exact) mass is 230 g/mol. The molecule has 0 bridgehead atoms. The lowest BCUT2D eigenvalue weighted by atomic mass is 9.89. The summed E-state index contributed by atoms with van der Waals surface area (Å²) in [7, 11) is 0. The average Bonchev–Trinajstić information content (AvgIpc) is 1.99. The number of alkyl carbamates (subject to hydrolysis) is 1. The molecule has 0 atom stereocenters. The van der Waals surface area contributed by atoms with Crippen molar-refractivity contribution in [2.45, 2.75) is 46.6 Å². The van der Waals surface area contributed by atoms with Crippen LogP contribution in [0.1, 0.15) is 41.0 Å². The summed E-state index contributed by atoms with van der Waals surface area (Å²) in [6.07, 6.45) is 0.00876. The van der Waals surface area contributed by atoms with E-state index in [1.807, 2.05) is 0 Å². The van der Waals surface area contributed by atoms with Crippen LogP contribution in [0.3, 0.4) is 0 Å². The molecule has 0 aromatic heterocycles.